The Balaban J connectivity index is 0.00000261. The van der Waals surface area contributed by atoms with Crippen LogP contribution in [0.5, 0.6) is 0 Å². The van der Waals surface area contributed by atoms with Gasteiger partial charge in [0.2, 0.25) is 0 Å². The summed E-state index contributed by atoms with van der Waals surface area (Å²) in [7, 11) is 3.93. The molecule has 144 valence electrons. The highest BCUT2D eigenvalue weighted by atomic mass is 35.5. The number of halogens is 2. The SMILES string of the molecule is CSc1cccc2sc(N(CCN(C)C)C(=O)c3ccc(F)cc3)nc12.Cl. The van der Waals surface area contributed by atoms with E-state index in [0.29, 0.717) is 23.8 Å². The third-order valence-corrected chi connectivity index (χ3v) is 5.74. The molecule has 1 aromatic heterocycles. The number of benzene rings is 2. The minimum Gasteiger partial charge on any atom is -0.308 e. The Morgan fingerprint density at radius 3 is 2.48 bits per heavy atom. The van der Waals surface area contributed by atoms with Crippen LogP contribution in [0.3, 0.4) is 0 Å². The predicted octanol–water partition coefficient (Wildman–Crippen LogP) is 4.79. The van der Waals surface area contributed by atoms with Crippen molar-refractivity contribution in [2.75, 3.05) is 38.3 Å². The van der Waals surface area contributed by atoms with E-state index in [2.05, 4.69) is 0 Å². The van der Waals surface area contributed by atoms with Crippen molar-refractivity contribution in [3.63, 3.8) is 0 Å². The largest absolute Gasteiger partial charge is 0.308 e. The van der Waals surface area contributed by atoms with E-state index in [4.69, 9.17) is 4.98 Å². The fourth-order valence-corrected chi connectivity index (χ4v) is 4.17. The molecule has 1 amide bonds. The van der Waals surface area contributed by atoms with Gasteiger partial charge in [0.25, 0.3) is 5.91 Å². The molecule has 27 heavy (non-hydrogen) atoms. The van der Waals surface area contributed by atoms with Gasteiger partial charge < -0.3 is 4.90 Å². The highest BCUT2D eigenvalue weighted by Gasteiger charge is 2.22. The molecule has 8 heteroatoms. The first-order valence-corrected chi connectivity index (χ1v) is 10.2. The maximum absolute atomic E-state index is 13.2. The summed E-state index contributed by atoms with van der Waals surface area (Å²) in [5.41, 5.74) is 1.37. The number of likely N-dealkylation sites (N-methyl/N-ethyl adjacent to an activating group) is 1. The van der Waals surface area contributed by atoms with Crippen LogP contribution in [-0.4, -0.2) is 49.2 Å². The second-order valence-electron chi connectivity index (χ2n) is 6.07. The zero-order valence-corrected chi connectivity index (χ0v) is 17.8. The van der Waals surface area contributed by atoms with Crippen molar-refractivity contribution < 1.29 is 9.18 Å². The van der Waals surface area contributed by atoms with Gasteiger partial charge in [-0.05, 0) is 56.7 Å². The van der Waals surface area contributed by atoms with Crippen LogP contribution in [0.25, 0.3) is 10.2 Å². The van der Waals surface area contributed by atoms with Gasteiger partial charge >= 0.3 is 0 Å². The Labute approximate surface area is 172 Å². The predicted molar refractivity (Wildman–Crippen MR) is 115 cm³/mol. The van der Waals surface area contributed by atoms with Crippen molar-refractivity contribution >= 4 is 56.8 Å². The van der Waals surface area contributed by atoms with Crippen molar-refractivity contribution in [3.05, 3.63) is 53.8 Å². The Hall–Kier alpha value is -1.67. The summed E-state index contributed by atoms with van der Waals surface area (Å²) in [4.78, 5) is 22.6. The van der Waals surface area contributed by atoms with Crippen molar-refractivity contribution in [3.8, 4) is 0 Å². The van der Waals surface area contributed by atoms with E-state index in [1.165, 1.54) is 35.6 Å². The molecule has 4 nitrogen and oxygen atoms in total. The number of thiazole rings is 1. The Morgan fingerprint density at radius 2 is 1.85 bits per heavy atom. The van der Waals surface area contributed by atoms with E-state index in [0.717, 1.165) is 15.1 Å². The van der Waals surface area contributed by atoms with Crippen LogP contribution in [0.2, 0.25) is 0 Å². The van der Waals surface area contributed by atoms with Crippen molar-refractivity contribution in [1.29, 1.82) is 0 Å². The normalized spacial score (nSPS) is 10.9. The fourth-order valence-electron chi connectivity index (χ4n) is 2.52. The minimum atomic E-state index is -0.356. The summed E-state index contributed by atoms with van der Waals surface area (Å²) in [6, 6.07) is 11.7. The minimum absolute atomic E-state index is 0. The fraction of sp³-hybridized carbons (Fsp3) is 0.263. The average molecular weight is 426 g/mol. The number of carbonyl (C=O) groups excluding carboxylic acids is 1. The number of para-hydroxylation sites is 1. The van der Waals surface area contributed by atoms with Crippen LogP contribution in [-0.2, 0) is 0 Å². The molecule has 0 radical (unpaired) electrons. The molecule has 0 aliphatic heterocycles. The third-order valence-electron chi connectivity index (χ3n) is 3.93. The summed E-state index contributed by atoms with van der Waals surface area (Å²) in [5.74, 6) is -0.525. The molecule has 0 bridgehead atoms. The number of amides is 1. The summed E-state index contributed by atoms with van der Waals surface area (Å²) < 4.78 is 14.3. The molecule has 0 saturated heterocycles. The van der Waals surface area contributed by atoms with Crippen molar-refractivity contribution in [2.24, 2.45) is 0 Å². The van der Waals surface area contributed by atoms with Gasteiger partial charge in [0, 0.05) is 23.5 Å². The molecule has 0 saturated carbocycles. The van der Waals surface area contributed by atoms with E-state index in [1.807, 2.05) is 43.5 Å². The maximum Gasteiger partial charge on any atom is 0.260 e. The summed E-state index contributed by atoms with van der Waals surface area (Å²) in [6.07, 6.45) is 2.02. The van der Waals surface area contributed by atoms with Crippen LogP contribution in [0.4, 0.5) is 9.52 Å². The number of hydrogen-bond acceptors (Lipinski definition) is 5. The second-order valence-corrected chi connectivity index (χ2v) is 7.93. The Kier molecular flexibility index (Phi) is 7.61. The van der Waals surface area contributed by atoms with Gasteiger partial charge in [-0.2, -0.15) is 0 Å². The van der Waals surface area contributed by atoms with E-state index >= 15 is 0 Å². The number of thioether (sulfide) groups is 1. The Morgan fingerprint density at radius 1 is 1.15 bits per heavy atom. The van der Waals surface area contributed by atoms with E-state index in [-0.39, 0.29) is 24.1 Å². The number of rotatable bonds is 6. The Bertz CT molecular complexity index is 915. The smallest absolute Gasteiger partial charge is 0.260 e. The molecule has 1 heterocycles. The first-order chi connectivity index (χ1) is 12.5. The van der Waals surface area contributed by atoms with Gasteiger partial charge in [-0.3, -0.25) is 9.69 Å². The topological polar surface area (TPSA) is 36.4 Å². The third kappa shape index (κ3) is 4.99. The lowest BCUT2D eigenvalue weighted by atomic mass is 10.2. The lowest BCUT2D eigenvalue weighted by molar-refractivity contribution is 0.0985. The maximum atomic E-state index is 13.2. The number of anilines is 1. The lowest BCUT2D eigenvalue weighted by Gasteiger charge is -2.22. The van der Waals surface area contributed by atoms with Gasteiger partial charge in [-0.15, -0.1) is 24.2 Å². The zero-order chi connectivity index (χ0) is 18.7. The van der Waals surface area contributed by atoms with Crippen LogP contribution in [0.1, 0.15) is 10.4 Å². The standard InChI is InChI=1S/C19H20FN3OS2.ClH/c1-22(2)11-12-23(18(24)13-7-9-14(20)10-8-13)19-21-17-15(25-3)5-4-6-16(17)26-19;/h4-10H,11-12H2,1-3H3;1H. The molecular weight excluding hydrogens is 405 g/mol. The van der Waals surface area contributed by atoms with E-state index in [1.54, 1.807) is 16.7 Å². The van der Waals surface area contributed by atoms with Gasteiger partial charge in [0.05, 0.1) is 10.2 Å². The monoisotopic (exact) mass is 425 g/mol. The van der Waals surface area contributed by atoms with Crippen molar-refractivity contribution in [1.82, 2.24) is 9.88 Å². The highest BCUT2D eigenvalue weighted by Crippen LogP contribution is 2.34. The summed E-state index contributed by atoms with van der Waals surface area (Å²) in [6.45, 7) is 1.22. The quantitative estimate of drug-likeness (QED) is 0.532. The molecule has 0 atom stereocenters. The molecule has 2 aromatic carbocycles. The number of carbonyl (C=O) groups is 1. The molecule has 0 fully saturated rings. The molecule has 0 aliphatic rings. The molecule has 3 rings (SSSR count). The number of hydrogen-bond donors (Lipinski definition) is 0. The molecule has 0 unspecified atom stereocenters. The van der Waals surface area contributed by atoms with Crippen LogP contribution >= 0.6 is 35.5 Å². The van der Waals surface area contributed by atoms with Crippen LogP contribution < -0.4 is 4.90 Å². The van der Waals surface area contributed by atoms with Crippen LogP contribution in [0.15, 0.2) is 47.4 Å². The molecule has 0 spiro atoms. The van der Waals surface area contributed by atoms with E-state index in [9.17, 15) is 9.18 Å². The highest BCUT2D eigenvalue weighted by molar-refractivity contribution is 7.98. The molecule has 0 aliphatic carbocycles. The first kappa shape index (κ1) is 21.6. The van der Waals surface area contributed by atoms with Gasteiger partial charge in [0.1, 0.15) is 5.82 Å². The molecule has 0 N–H and O–H groups in total. The molecule has 3 aromatic rings. The molecular formula is C19H21ClFN3OS2. The zero-order valence-electron chi connectivity index (χ0n) is 15.3. The van der Waals surface area contributed by atoms with Gasteiger partial charge in [-0.1, -0.05) is 17.4 Å². The van der Waals surface area contributed by atoms with E-state index < -0.39 is 0 Å². The van der Waals surface area contributed by atoms with Gasteiger partial charge in [-0.25, -0.2) is 9.37 Å². The van der Waals surface area contributed by atoms with Gasteiger partial charge in [0.15, 0.2) is 5.13 Å². The number of fused-ring (bicyclic) bond motifs is 1. The van der Waals surface area contributed by atoms with Crippen LogP contribution in [0, 0.1) is 5.82 Å². The number of nitrogens with zero attached hydrogens (tertiary/aromatic N) is 3. The summed E-state index contributed by atoms with van der Waals surface area (Å²) >= 11 is 3.14. The number of aromatic nitrogens is 1. The van der Waals surface area contributed by atoms with Crippen molar-refractivity contribution in [2.45, 2.75) is 4.90 Å². The second kappa shape index (κ2) is 9.50. The average Bonchev–Trinajstić information content (AvgIpc) is 3.05. The lowest BCUT2D eigenvalue weighted by Crippen LogP contribution is -2.36. The summed E-state index contributed by atoms with van der Waals surface area (Å²) in [5, 5.41) is 0.665. The first-order valence-electron chi connectivity index (χ1n) is 8.15.